The van der Waals surface area contributed by atoms with Crippen molar-refractivity contribution in [1.82, 2.24) is 10.3 Å². The Hall–Kier alpha value is -4.40. The lowest BCUT2D eigenvalue weighted by Gasteiger charge is -2.28. The number of aromatic nitrogens is 1. The van der Waals surface area contributed by atoms with Gasteiger partial charge in [-0.25, -0.2) is 9.37 Å². The molecule has 5 rings (SSSR count). The number of nitrogens with one attached hydrogen (secondary N) is 3. The zero-order valence-electron chi connectivity index (χ0n) is 19.9. The van der Waals surface area contributed by atoms with Gasteiger partial charge < -0.3 is 15.1 Å². The number of nitriles is 1. The lowest BCUT2D eigenvalue weighted by atomic mass is 9.85. The van der Waals surface area contributed by atoms with Gasteiger partial charge in [-0.3, -0.25) is 14.9 Å². The maximum Gasteiger partial charge on any atom is 0.256 e. The van der Waals surface area contributed by atoms with E-state index in [9.17, 15) is 19.2 Å². The van der Waals surface area contributed by atoms with Crippen molar-refractivity contribution in [1.29, 1.82) is 5.26 Å². The number of anilines is 2. The number of amides is 2. The SMILES string of the molecule is CC1=C(C(=O)Nc2nc3ccccc3s2)C(c2ccco2)C(C#N)=C(SCC(=O)Nc2ccc(F)cc2)N1. The molecule has 1 aliphatic heterocycles. The molecule has 2 amide bonds. The number of rotatable bonds is 7. The van der Waals surface area contributed by atoms with Crippen LogP contribution in [0, 0.1) is 17.1 Å². The Kier molecular flexibility index (Phi) is 7.26. The number of fused-ring (bicyclic) bond motifs is 1. The van der Waals surface area contributed by atoms with Crippen LogP contribution in [-0.4, -0.2) is 22.6 Å². The molecule has 2 aromatic heterocycles. The average Bonchev–Trinajstić information content (AvgIpc) is 3.58. The molecule has 1 atom stereocenters. The van der Waals surface area contributed by atoms with Crippen molar-refractivity contribution >= 4 is 55.9 Å². The standard InChI is InChI=1S/C27H20FN5O3S2/c1-15-23(25(35)33-27-32-19-5-2-3-7-21(19)38-27)24(20-6-4-12-36-20)18(13-29)26(30-15)37-14-22(34)31-17-10-8-16(28)9-11-17/h2-12,24,30H,14H2,1H3,(H,31,34)(H,32,33,35). The van der Waals surface area contributed by atoms with Gasteiger partial charge >= 0.3 is 0 Å². The number of hydrogen-bond donors (Lipinski definition) is 3. The molecule has 8 nitrogen and oxygen atoms in total. The summed E-state index contributed by atoms with van der Waals surface area (Å²) in [4.78, 5) is 30.5. The van der Waals surface area contributed by atoms with Gasteiger partial charge in [-0.2, -0.15) is 5.26 Å². The van der Waals surface area contributed by atoms with E-state index in [1.54, 1.807) is 19.1 Å². The third-order valence-corrected chi connectivity index (χ3v) is 7.68. The van der Waals surface area contributed by atoms with Crippen LogP contribution in [0.5, 0.6) is 0 Å². The van der Waals surface area contributed by atoms with E-state index in [1.165, 1.54) is 41.9 Å². The maximum absolute atomic E-state index is 13.5. The molecule has 0 spiro atoms. The first-order valence-electron chi connectivity index (χ1n) is 11.4. The van der Waals surface area contributed by atoms with E-state index in [-0.39, 0.29) is 17.2 Å². The quantitative estimate of drug-likeness (QED) is 0.271. The third-order valence-electron chi connectivity index (χ3n) is 5.71. The summed E-state index contributed by atoms with van der Waals surface area (Å²) in [6.07, 6.45) is 1.48. The minimum atomic E-state index is -0.784. The Morgan fingerprint density at radius 1 is 1.16 bits per heavy atom. The average molecular weight is 546 g/mol. The van der Waals surface area contributed by atoms with Crippen LogP contribution in [0.25, 0.3) is 10.2 Å². The minimum absolute atomic E-state index is 0.0176. The molecule has 1 unspecified atom stereocenters. The van der Waals surface area contributed by atoms with Crippen LogP contribution in [0.3, 0.4) is 0 Å². The van der Waals surface area contributed by atoms with E-state index in [0.29, 0.717) is 32.9 Å². The molecule has 38 heavy (non-hydrogen) atoms. The molecule has 0 saturated heterocycles. The molecule has 0 radical (unpaired) electrons. The highest BCUT2D eigenvalue weighted by Crippen LogP contribution is 2.41. The summed E-state index contributed by atoms with van der Waals surface area (Å²) in [7, 11) is 0. The Labute approximate surface area is 225 Å². The van der Waals surface area contributed by atoms with E-state index >= 15 is 0 Å². The second-order valence-corrected chi connectivity index (χ2v) is 10.3. The molecule has 11 heteroatoms. The van der Waals surface area contributed by atoms with E-state index in [4.69, 9.17) is 4.42 Å². The molecule has 190 valence electrons. The fraction of sp³-hybridized carbons (Fsp3) is 0.111. The molecule has 4 aromatic rings. The van der Waals surface area contributed by atoms with Gasteiger partial charge in [-0.05, 0) is 55.5 Å². The zero-order chi connectivity index (χ0) is 26.6. The molecule has 2 aromatic carbocycles. The fourth-order valence-corrected chi connectivity index (χ4v) is 5.78. The minimum Gasteiger partial charge on any atom is -0.468 e. The van der Waals surface area contributed by atoms with Crippen LogP contribution in [0.2, 0.25) is 0 Å². The molecular formula is C27H20FN5O3S2. The van der Waals surface area contributed by atoms with Gasteiger partial charge in [-0.1, -0.05) is 35.2 Å². The molecular weight excluding hydrogens is 525 g/mol. The Bertz CT molecular complexity index is 1590. The van der Waals surface area contributed by atoms with E-state index in [0.717, 1.165) is 22.0 Å². The van der Waals surface area contributed by atoms with Crippen molar-refractivity contribution in [2.24, 2.45) is 0 Å². The lowest BCUT2D eigenvalue weighted by Crippen LogP contribution is -2.31. The molecule has 3 heterocycles. The first-order chi connectivity index (χ1) is 18.4. The Balaban J connectivity index is 1.39. The smallest absolute Gasteiger partial charge is 0.256 e. The zero-order valence-corrected chi connectivity index (χ0v) is 21.6. The number of furan rings is 1. The number of thiazole rings is 1. The number of dihydropyridines is 1. The van der Waals surface area contributed by atoms with E-state index in [1.807, 2.05) is 24.3 Å². The van der Waals surface area contributed by atoms with Crippen molar-refractivity contribution in [3.63, 3.8) is 0 Å². The highest BCUT2D eigenvalue weighted by molar-refractivity contribution is 8.03. The van der Waals surface area contributed by atoms with Crippen LogP contribution >= 0.6 is 23.1 Å². The molecule has 0 aliphatic carbocycles. The molecule has 3 N–H and O–H groups in total. The van der Waals surface area contributed by atoms with Gasteiger partial charge in [0.15, 0.2) is 5.13 Å². The Morgan fingerprint density at radius 3 is 2.66 bits per heavy atom. The number of carbonyl (C=O) groups is 2. The topological polar surface area (TPSA) is 120 Å². The lowest BCUT2D eigenvalue weighted by molar-refractivity contribution is -0.114. The van der Waals surface area contributed by atoms with Gasteiger partial charge in [0.1, 0.15) is 11.6 Å². The van der Waals surface area contributed by atoms with Crippen molar-refractivity contribution in [2.45, 2.75) is 12.8 Å². The maximum atomic E-state index is 13.5. The number of hydrogen-bond acceptors (Lipinski definition) is 8. The second-order valence-electron chi connectivity index (χ2n) is 8.25. The van der Waals surface area contributed by atoms with Gasteiger partial charge in [0.2, 0.25) is 5.91 Å². The van der Waals surface area contributed by atoms with Crippen molar-refractivity contribution < 1.29 is 18.4 Å². The Morgan fingerprint density at radius 2 is 1.95 bits per heavy atom. The summed E-state index contributed by atoms with van der Waals surface area (Å²) in [5, 5.41) is 19.7. The highest BCUT2D eigenvalue weighted by Gasteiger charge is 2.36. The van der Waals surface area contributed by atoms with Crippen molar-refractivity contribution in [3.8, 4) is 6.07 Å². The summed E-state index contributed by atoms with van der Waals surface area (Å²) in [5.41, 5.74) is 2.32. The third kappa shape index (κ3) is 5.32. The van der Waals surface area contributed by atoms with Gasteiger partial charge in [0.05, 0.1) is 50.4 Å². The number of allylic oxidation sites excluding steroid dienone is 2. The predicted molar refractivity (Wildman–Crippen MR) is 146 cm³/mol. The number of halogens is 1. The van der Waals surface area contributed by atoms with Gasteiger partial charge in [0, 0.05) is 11.4 Å². The number of para-hydroxylation sites is 1. The van der Waals surface area contributed by atoms with Crippen molar-refractivity contribution in [3.05, 3.63) is 100 Å². The fourth-order valence-electron chi connectivity index (χ4n) is 4.03. The summed E-state index contributed by atoms with van der Waals surface area (Å²) in [6.45, 7) is 1.73. The number of carbonyl (C=O) groups excluding carboxylic acids is 2. The first kappa shape index (κ1) is 25.3. The first-order valence-corrected chi connectivity index (χ1v) is 13.2. The molecule has 1 aliphatic rings. The summed E-state index contributed by atoms with van der Waals surface area (Å²) in [5.74, 6) is -1.53. The monoisotopic (exact) mass is 545 g/mol. The number of nitrogens with zero attached hydrogens (tertiary/aromatic N) is 2. The van der Waals surface area contributed by atoms with E-state index in [2.05, 4.69) is 27.0 Å². The summed E-state index contributed by atoms with van der Waals surface area (Å²) < 4.78 is 19.7. The largest absolute Gasteiger partial charge is 0.468 e. The van der Waals surface area contributed by atoms with Crippen LogP contribution in [-0.2, 0) is 9.59 Å². The second kappa shape index (κ2) is 10.9. The van der Waals surface area contributed by atoms with Gasteiger partial charge in [0.25, 0.3) is 5.91 Å². The highest BCUT2D eigenvalue weighted by atomic mass is 32.2. The van der Waals surface area contributed by atoms with Crippen LogP contribution in [0.4, 0.5) is 15.2 Å². The van der Waals surface area contributed by atoms with Crippen LogP contribution in [0.1, 0.15) is 18.6 Å². The molecule has 0 bridgehead atoms. The summed E-state index contributed by atoms with van der Waals surface area (Å²) in [6, 6.07) is 18.6. The predicted octanol–water partition coefficient (Wildman–Crippen LogP) is 5.73. The number of thioether (sulfide) groups is 1. The normalized spacial score (nSPS) is 15.2. The van der Waals surface area contributed by atoms with Crippen LogP contribution < -0.4 is 16.0 Å². The number of benzene rings is 2. The molecule has 0 saturated carbocycles. The van der Waals surface area contributed by atoms with Crippen LogP contribution in [0.15, 0.2) is 93.2 Å². The van der Waals surface area contributed by atoms with E-state index < -0.39 is 17.6 Å². The summed E-state index contributed by atoms with van der Waals surface area (Å²) >= 11 is 2.48. The molecule has 0 fully saturated rings. The van der Waals surface area contributed by atoms with Gasteiger partial charge in [-0.15, -0.1) is 0 Å². The van der Waals surface area contributed by atoms with Crippen molar-refractivity contribution in [2.75, 3.05) is 16.4 Å².